The molecule has 0 spiro atoms. The Labute approximate surface area is 92.4 Å². The normalized spacial score (nSPS) is 10.5. The van der Waals surface area contributed by atoms with Crippen molar-refractivity contribution in [3.8, 4) is 10.6 Å². The first-order valence-electron chi connectivity index (χ1n) is 4.84. The number of aryl methyl sites for hydroxylation is 1. The second-order valence-electron chi connectivity index (χ2n) is 3.25. The summed E-state index contributed by atoms with van der Waals surface area (Å²) in [5.74, 6) is 0.327. The van der Waals surface area contributed by atoms with E-state index < -0.39 is 0 Å². The highest BCUT2D eigenvalue weighted by Crippen LogP contribution is 2.21. The third-order valence-electron chi connectivity index (χ3n) is 2.02. The lowest BCUT2D eigenvalue weighted by Gasteiger charge is -1.98. The smallest absolute Gasteiger partial charge is 0.232 e. The molecule has 4 nitrogen and oxygen atoms in total. The Bertz CT molecular complexity index is 435. The van der Waals surface area contributed by atoms with Gasteiger partial charge in [-0.25, -0.2) is 0 Å². The molecule has 15 heavy (non-hydrogen) atoms. The molecule has 0 aliphatic carbocycles. The topological polar surface area (TPSA) is 64.7 Å². The van der Waals surface area contributed by atoms with E-state index in [-0.39, 0.29) is 0 Å². The van der Waals surface area contributed by atoms with Crippen LogP contribution in [0.4, 0.5) is 5.95 Å². The van der Waals surface area contributed by atoms with Crippen LogP contribution in [0.25, 0.3) is 10.6 Å². The van der Waals surface area contributed by atoms with Crippen LogP contribution in [0.2, 0.25) is 0 Å². The summed E-state index contributed by atoms with van der Waals surface area (Å²) in [4.78, 5) is 8.45. The van der Waals surface area contributed by atoms with Crippen molar-refractivity contribution in [1.82, 2.24) is 14.3 Å². The van der Waals surface area contributed by atoms with Crippen LogP contribution in [0, 0.1) is 0 Å². The number of nitrogens with zero attached hydrogens (tertiary/aromatic N) is 3. The Balaban J connectivity index is 2.23. The molecule has 2 heterocycles. The van der Waals surface area contributed by atoms with Gasteiger partial charge in [-0.1, -0.05) is 13.3 Å². The van der Waals surface area contributed by atoms with Crippen molar-refractivity contribution in [1.29, 1.82) is 0 Å². The number of rotatable bonds is 3. The van der Waals surface area contributed by atoms with Crippen LogP contribution in [-0.4, -0.2) is 14.3 Å². The predicted molar refractivity (Wildman–Crippen MR) is 61.5 cm³/mol. The second kappa shape index (κ2) is 4.35. The summed E-state index contributed by atoms with van der Waals surface area (Å²) in [5.41, 5.74) is 7.55. The van der Waals surface area contributed by atoms with Gasteiger partial charge in [-0.2, -0.15) is 9.36 Å². The maximum atomic E-state index is 5.46. The molecule has 78 valence electrons. The lowest BCUT2D eigenvalue weighted by atomic mass is 10.2. The lowest BCUT2D eigenvalue weighted by molar-refractivity contribution is 0.883. The molecule has 0 amide bonds. The molecule has 2 N–H and O–H groups in total. The molecule has 0 aliphatic rings. The van der Waals surface area contributed by atoms with E-state index in [4.69, 9.17) is 5.73 Å². The van der Waals surface area contributed by atoms with Gasteiger partial charge in [0.2, 0.25) is 5.95 Å². The largest absolute Gasteiger partial charge is 0.367 e. The van der Waals surface area contributed by atoms with E-state index >= 15 is 0 Å². The fraction of sp³-hybridized carbons (Fsp3) is 0.300. The summed E-state index contributed by atoms with van der Waals surface area (Å²) in [6.07, 6.45) is 3.95. The number of nitrogen functional groups attached to an aromatic ring is 1. The first-order chi connectivity index (χ1) is 7.29. The van der Waals surface area contributed by atoms with Crippen molar-refractivity contribution < 1.29 is 0 Å². The molecule has 0 aliphatic heterocycles. The predicted octanol–water partition coefficient (Wildman–Crippen LogP) is 2.13. The van der Waals surface area contributed by atoms with Crippen molar-refractivity contribution in [2.24, 2.45) is 0 Å². The van der Waals surface area contributed by atoms with Crippen molar-refractivity contribution >= 4 is 17.5 Å². The Hall–Kier alpha value is -1.49. The first kappa shape index (κ1) is 10.0. The molecule has 0 atom stereocenters. The van der Waals surface area contributed by atoms with Gasteiger partial charge in [0.25, 0.3) is 0 Å². The van der Waals surface area contributed by atoms with Gasteiger partial charge in [0.05, 0.1) is 0 Å². The Morgan fingerprint density at radius 1 is 1.40 bits per heavy atom. The van der Waals surface area contributed by atoms with Gasteiger partial charge < -0.3 is 5.73 Å². The highest BCUT2D eigenvalue weighted by atomic mass is 32.1. The van der Waals surface area contributed by atoms with Crippen molar-refractivity contribution in [2.45, 2.75) is 19.8 Å². The second-order valence-corrected chi connectivity index (χ2v) is 4.00. The van der Waals surface area contributed by atoms with Gasteiger partial charge in [-0.3, -0.25) is 4.98 Å². The Morgan fingerprint density at radius 2 is 2.27 bits per heavy atom. The summed E-state index contributed by atoms with van der Waals surface area (Å²) in [5, 5.41) is 0.822. The fourth-order valence-corrected chi connectivity index (χ4v) is 1.89. The van der Waals surface area contributed by atoms with Gasteiger partial charge in [0, 0.05) is 17.5 Å². The van der Waals surface area contributed by atoms with E-state index in [0.717, 1.165) is 29.1 Å². The molecule has 0 radical (unpaired) electrons. The molecule has 0 saturated carbocycles. The molecule has 2 rings (SSSR count). The molecule has 0 bridgehead atoms. The summed E-state index contributed by atoms with van der Waals surface area (Å²) < 4.78 is 3.93. The van der Waals surface area contributed by atoms with Gasteiger partial charge in [-0.05, 0) is 30.1 Å². The minimum absolute atomic E-state index is 0.327. The summed E-state index contributed by atoms with van der Waals surface area (Å²) >= 11 is 1.30. The minimum atomic E-state index is 0.327. The van der Waals surface area contributed by atoms with Crippen LogP contribution in [-0.2, 0) is 6.42 Å². The molecule has 0 aromatic carbocycles. The van der Waals surface area contributed by atoms with E-state index in [1.54, 1.807) is 0 Å². The number of nitrogens with two attached hydrogens (primary N) is 1. The SMILES string of the molecule is CCCc1ccc(-c2nc(N)ns2)cn1. The summed E-state index contributed by atoms with van der Waals surface area (Å²) in [7, 11) is 0. The molecule has 2 aromatic heterocycles. The fourth-order valence-electron chi connectivity index (χ4n) is 1.31. The zero-order valence-corrected chi connectivity index (χ0v) is 9.29. The Kier molecular flexibility index (Phi) is 2.91. The first-order valence-corrected chi connectivity index (χ1v) is 5.61. The Morgan fingerprint density at radius 3 is 2.80 bits per heavy atom. The van der Waals surface area contributed by atoms with Crippen molar-refractivity contribution in [3.05, 3.63) is 24.0 Å². The third kappa shape index (κ3) is 2.30. The number of hydrogen-bond donors (Lipinski definition) is 1. The number of aromatic nitrogens is 3. The molecular weight excluding hydrogens is 208 g/mol. The third-order valence-corrected chi connectivity index (χ3v) is 2.80. The van der Waals surface area contributed by atoms with Crippen molar-refractivity contribution in [2.75, 3.05) is 5.73 Å². The molecule has 0 fully saturated rings. The average molecular weight is 220 g/mol. The highest BCUT2D eigenvalue weighted by Gasteiger charge is 2.04. The summed E-state index contributed by atoms with van der Waals surface area (Å²) in [6.45, 7) is 2.14. The van der Waals surface area contributed by atoms with Crippen LogP contribution in [0.15, 0.2) is 18.3 Å². The highest BCUT2D eigenvalue weighted by molar-refractivity contribution is 7.09. The van der Waals surface area contributed by atoms with E-state index in [9.17, 15) is 0 Å². The zero-order valence-electron chi connectivity index (χ0n) is 8.47. The van der Waals surface area contributed by atoms with Crippen LogP contribution in [0.1, 0.15) is 19.0 Å². The maximum absolute atomic E-state index is 5.46. The average Bonchev–Trinajstić information content (AvgIpc) is 2.67. The molecular formula is C10H12N4S. The number of hydrogen-bond acceptors (Lipinski definition) is 5. The van der Waals surface area contributed by atoms with Crippen LogP contribution in [0.5, 0.6) is 0 Å². The van der Waals surface area contributed by atoms with Crippen molar-refractivity contribution in [3.63, 3.8) is 0 Å². The number of pyridine rings is 1. The monoisotopic (exact) mass is 220 g/mol. The van der Waals surface area contributed by atoms with E-state index in [0.29, 0.717) is 5.95 Å². The zero-order chi connectivity index (χ0) is 10.7. The van der Waals surface area contributed by atoms with E-state index in [1.165, 1.54) is 11.5 Å². The van der Waals surface area contributed by atoms with Gasteiger partial charge in [-0.15, -0.1) is 0 Å². The van der Waals surface area contributed by atoms with Gasteiger partial charge in [0.1, 0.15) is 5.01 Å². The maximum Gasteiger partial charge on any atom is 0.232 e. The van der Waals surface area contributed by atoms with Crippen LogP contribution in [0.3, 0.4) is 0 Å². The van der Waals surface area contributed by atoms with E-state index in [1.807, 2.05) is 18.3 Å². The molecule has 5 heteroatoms. The van der Waals surface area contributed by atoms with E-state index in [2.05, 4.69) is 21.3 Å². The molecule has 2 aromatic rings. The van der Waals surface area contributed by atoms with Crippen LogP contribution >= 0.6 is 11.5 Å². The van der Waals surface area contributed by atoms with Gasteiger partial charge >= 0.3 is 0 Å². The minimum Gasteiger partial charge on any atom is -0.367 e. The van der Waals surface area contributed by atoms with Gasteiger partial charge in [0.15, 0.2) is 0 Å². The standard InChI is InChI=1S/C10H12N4S/c1-2-3-8-5-4-7(6-12-8)9-13-10(11)14-15-9/h4-6H,2-3H2,1H3,(H2,11,14). The molecule has 0 unspecified atom stereocenters. The number of anilines is 1. The molecule has 0 saturated heterocycles. The van der Waals surface area contributed by atoms with Crippen LogP contribution < -0.4 is 5.73 Å². The summed E-state index contributed by atoms with van der Waals surface area (Å²) in [6, 6.07) is 4.04. The lowest BCUT2D eigenvalue weighted by Crippen LogP contribution is -1.89. The quantitative estimate of drug-likeness (QED) is 0.860.